The Hall–Kier alpha value is -1.83. The van der Waals surface area contributed by atoms with Crippen molar-refractivity contribution in [1.82, 2.24) is 9.97 Å². The van der Waals surface area contributed by atoms with E-state index in [2.05, 4.69) is 20.2 Å². The summed E-state index contributed by atoms with van der Waals surface area (Å²) in [5, 5.41) is 11.2. The molecule has 2 rings (SSSR count). The summed E-state index contributed by atoms with van der Waals surface area (Å²) >= 11 is 0. The molecule has 1 fully saturated rings. The van der Waals surface area contributed by atoms with Crippen molar-refractivity contribution < 1.29 is 0 Å². The first-order chi connectivity index (χ1) is 8.29. The molecule has 0 atom stereocenters. The van der Waals surface area contributed by atoms with Crippen LogP contribution in [0.1, 0.15) is 31.5 Å². The van der Waals surface area contributed by atoms with Crippen LogP contribution in [0.5, 0.6) is 0 Å². The van der Waals surface area contributed by atoms with Gasteiger partial charge >= 0.3 is 0 Å². The molecular formula is C12H17N5. The van der Waals surface area contributed by atoms with Crippen molar-refractivity contribution in [2.24, 2.45) is 0 Å². The fraction of sp³-hybridized carbons (Fsp3) is 0.583. The van der Waals surface area contributed by atoms with Crippen molar-refractivity contribution in [1.29, 1.82) is 5.26 Å². The molecule has 1 aromatic rings. The molecule has 1 N–H and O–H groups in total. The molecular weight excluding hydrogens is 214 g/mol. The number of anilines is 2. The van der Waals surface area contributed by atoms with Crippen molar-refractivity contribution in [2.75, 3.05) is 23.3 Å². The molecule has 0 unspecified atom stereocenters. The minimum absolute atomic E-state index is 0.583. The normalized spacial score (nSPS) is 16.1. The lowest BCUT2D eigenvalue weighted by atomic mass is 10.2. The minimum Gasteiger partial charge on any atom is -0.356 e. The van der Waals surface area contributed by atoms with Gasteiger partial charge in [-0.15, -0.1) is 0 Å². The molecule has 2 heterocycles. The molecule has 5 nitrogen and oxygen atoms in total. The maximum atomic E-state index is 8.62. The first-order valence-corrected chi connectivity index (χ1v) is 6.05. The van der Waals surface area contributed by atoms with Gasteiger partial charge in [0.05, 0.1) is 0 Å². The van der Waals surface area contributed by atoms with E-state index in [4.69, 9.17) is 5.26 Å². The Kier molecular flexibility index (Phi) is 3.76. The lowest BCUT2D eigenvalue weighted by Gasteiger charge is -2.21. The Morgan fingerprint density at radius 1 is 1.24 bits per heavy atom. The van der Waals surface area contributed by atoms with Gasteiger partial charge in [-0.3, -0.25) is 5.32 Å². The Balaban J connectivity index is 2.21. The molecule has 0 spiro atoms. The third kappa shape index (κ3) is 3.06. The lowest BCUT2D eigenvalue weighted by Crippen LogP contribution is -2.25. The van der Waals surface area contributed by atoms with E-state index in [9.17, 15) is 0 Å². The lowest BCUT2D eigenvalue weighted by molar-refractivity contribution is 0.726. The van der Waals surface area contributed by atoms with Crippen LogP contribution in [0.3, 0.4) is 0 Å². The van der Waals surface area contributed by atoms with Crippen molar-refractivity contribution in [2.45, 2.75) is 32.6 Å². The van der Waals surface area contributed by atoms with Crippen LogP contribution in [-0.2, 0) is 0 Å². The summed E-state index contributed by atoms with van der Waals surface area (Å²) < 4.78 is 0. The summed E-state index contributed by atoms with van der Waals surface area (Å²) in [6.45, 7) is 3.94. The molecule has 1 aliphatic rings. The van der Waals surface area contributed by atoms with Gasteiger partial charge in [0, 0.05) is 19.2 Å². The number of nitrogens with one attached hydrogen (secondary N) is 1. The van der Waals surface area contributed by atoms with Crippen LogP contribution in [0.2, 0.25) is 0 Å². The summed E-state index contributed by atoms with van der Waals surface area (Å²) in [4.78, 5) is 10.9. The third-order valence-electron chi connectivity index (χ3n) is 2.94. The first-order valence-electron chi connectivity index (χ1n) is 6.05. The summed E-state index contributed by atoms with van der Waals surface area (Å²) in [5.74, 6) is 2.21. The smallest absolute Gasteiger partial charge is 0.182 e. The van der Waals surface area contributed by atoms with E-state index in [1.54, 1.807) is 0 Å². The zero-order chi connectivity index (χ0) is 12.1. The van der Waals surface area contributed by atoms with Crippen molar-refractivity contribution in [3.63, 3.8) is 0 Å². The summed E-state index contributed by atoms with van der Waals surface area (Å²) in [6.07, 6.45) is 6.91. The number of aryl methyl sites for hydroxylation is 1. The van der Waals surface area contributed by atoms with Crippen LogP contribution in [-0.4, -0.2) is 23.1 Å². The first kappa shape index (κ1) is 11.6. The topological polar surface area (TPSA) is 64.8 Å². The van der Waals surface area contributed by atoms with Gasteiger partial charge in [0.15, 0.2) is 6.19 Å². The van der Waals surface area contributed by atoms with E-state index >= 15 is 0 Å². The predicted molar refractivity (Wildman–Crippen MR) is 66.7 cm³/mol. The van der Waals surface area contributed by atoms with Crippen LogP contribution in [0, 0.1) is 18.4 Å². The number of hydrogen-bond acceptors (Lipinski definition) is 5. The van der Waals surface area contributed by atoms with Gasteiger partial charge in [-0.2, -0.15) is 5.26 Å². The van der Waals surface area contributed by atoms with Crippen molar-refractivity contribution >= 4 is 11.6 Å². The monoisotopic (exact) mass is 231 g/mol. The summed E-state index contributed by atoms with van der Waals surface area (Å²) in [6, 6.07) is 1.85. The predicted octanol–water partition coefficient (Wildman–Crippen LogP) is 2.06. The molecule has 1 saturated heterocycles. The summed E-state index contributed by atoms with van der Waals surface area (Å²) in [5.41, 5.74) is 0. The van der Waals surface area contributed by atoms with Gasteiger partial charge in [0.2, 0.25) is 0 Å². The SMILES string of the molecule is Cc1nc(NC#N)cc(N2CCCCCC2)n1. The zero-order valence-corrected chi connectivity index (χ0v) is 10.1. The third-order valence-corrected chi connectivity index (χ3v) is 2.94. The van der Waals surface area contributed by atoms with Gasteiger partial charge in [0.25, 0.3) is 0 Å². The highest BCUT2D eigenvalue weighted by atomic mass is 15.2. The Labute approximate surface area is 101 Å². The van der Waals surface area contributed by atoms with Gasteiger partial charge in [-0.05, 0) is 19.8 Å². The van der Waals surface area contributed by atoms with E-state index in [0.717, 1.165) is 18.9 Å². The van der Waals surface area contributed by atoms with E-state index in [1.807, 2.05) is 19.2 Å². The second-order valence-corrected chi connectivity index (χ2v) is 4.30. The van der Waals surface area contributed by atoms with E-state index in [-0.39, 0.29) is 0 Å². The highest BCUT2D eigenvalue weighted by Gasteiger charge is 2.12. The molecule has 0 saturated carbocycles. The molecule has 1 aromatic heterocycles. The van der Waals surface area contributed by atoms with Gasteiger partial charge in [-0.1, -0.05) is 12.8 Å². The van der Waals surface area contributed by atoms with Crippen LogP contribution in [0.4, 0.5) is 11.6 Å². The van der Waals surface area contributed by atoms with E-state index < -0.39 is 0 Å². The highest BCUT2D eigenvalue weighted by molar-refractivity contribution is 5.51. The molecule has 1 aliphatic heterocycles. The van der Waals surface area contributed by atoms with Gasteiger partial charge in [-0.25, -0.2) is 9.97 Å². The second-order valence-electron chi connectivity index (χ2n) is 4.30. The number of aromatic nitrogens is 2. The summed E-state index contributed by atoms with van der Waals surface area (Å²) in [7, 11) is 0. The number of nitrogens with zero attached hydrogens (tertiary/aromatic N) is 4. The molecule has 5 heteroatoms. The standard InChI is InChI=1S/C12H17N5/c1-10-15-11(14-9-13)8-12(16-10)17-6-4-2-3-5-7-17/h8H,2-7H2,1H3,(H,14,15,16). The molecule has 90 valence electrons. The van der Waals surface area contributed by atoms with E-state index in [1.165, 1.54) is 25.7 Å². The molecule has 17 heavy (non-hydrogen) atoms. The number of nitriles is 1. The molecule has 0 aliphatic carbocycles. The highest BCUT2D eigenvalue weighted by Crippen LogP contribution is 2.19. The quantitative estimate of drug-likeness (QED) is 0.623. The Morgan fingerprint density at radius 2 is 1.94 bits per heavy atom. The van der Waals surface area contributed by atoms with Crippen LogP contribution < -0.4 is 10.2 Å². The minimum atomic E-state index is 0.583. The largest absolute Gasteiger partial charge is 0.356 e. The number of rotatable bonds is 2. The van der Waals surface area contributed by atoms with Gasteiger partial charge < -0.3 is 4.90 Å². The fourth-order valence-electron chi connectivity index (χ4n) is 2.14. The van der Waals surface area contributed by atoms with Crippen molar-refractivity contribution in [3.05, 3.63) is 11.9 Å². The van der Waals surface area contributed by atoms with E-state index in [0.29, 0.717) is 11.6 Å². The zero-order valence-electron chi connectivity index (χ0n) is 10.1. The Bertz CT molecular complexity index is 415. The average molecular weight is 231 g/mol. The molecule has 0 radical (unpaired) electrons. The molecule has 0 amide bonds. The average Bonchev–Trinajstić information content (AvgIpc) is 2.57. The maximum Gasteiger partial charge on any atom is 0.182 e. The van der Waals surface area contributed by atoms with Gasteiger partial charge in [0.1, 0.15) is 17.5 Å². The van der Waals surface area contributed by atoms with Crippen LogP contribution >= 0.6 is 0 Å². The maximum absolute atomic E-state index is 8.62. The second kappa shape index (κ2) is 5.48. The van der Waals surface area contributed by atoms with Crippen LogP contribution in [0.15, 0.2) is 6.07 Å². The number of hydrogen-bond donors (Lipinski definition) is 1. The van der Waals surface area contributed by atoms with Crippen molar-refractivity contribution in [3.8, 4) is 6.19 Å². The van der Waals surface area contributed by atoms with Crippen LogP contribution in [0.25, 0.3) is 0 Å². The fourth-order valence-corrected chi connectivity index (χ4v) is 2.14. The molecule has 0 bridgehead atoms. The Morgan fingerprint density at radius 3 is 2.59 bits per heavy atom. The molecule has 0 aromatic carbocycles.